The van der Waals surface area contributed by atoms with Gasteiger partial charge in [0, 0.05) is 38.5 Å². The van der Waals surface area contributed by atoms with E-state index in [0.29, 0.717) is 13.1 Å². The Hall–Kier alpha value is -2.24. The maximum Gasteiger partial charge on any atom is 0.410 e. The third kappa shape index (κ3) is 4.29. The van der Waals surface area contributed by atoms with Gasteiger partial charge in [-0.25, -0.2) is 4.79 Å². The maximum atomic E-state index is 12.2. The van der Waals surface area contributed by atoms with Gasteiger partial charge in [0.2, 0.25) is 5.91 Å². The molecular weight excluding hydrogens is 332 g/mol. The highest BCUT2D eigenvalue weighted by atomic mass is 16.6. The number of nitrogens with zero attached hydrogens (tertiary/aromatic N) is 1. The molecule has 1 aromatic rings. The average Bonchev–Trinajstić information content (AvgIpc) is 2.54. The second-order valence-electron chi connectivity index (χ2n) is 8.26. The molecule has 142 valence electrons. The van der Waals surface area contributed by atoms with Gasteiger partial charge in [-0.1, -0.05) is 0 Å². The second-order valence-corrected chi connectivity index (χ2v) is 8.26. The highest BCUT2D eigenvalue weighted by Gasteiger charge is 2.41. The Labute approximate surface area is 154 Å². The van der Waals surface area contributed by atoms with E-state index in [-0.39, 0.29) is 17.6 Å². The molecular formula is C20H28N2O4. The predicted molar refractivity (Wildman–Crippen MR) is 99.5 cm³/mol. The number of aryl methyl sites for hydroxylation is 1. The molecule has 0 bridgehead atoms. The number of nitrogens with one attached hydrogen (secondary N) is 1. The van der Waals surface area contributed by atoms with Crippen molar-refractivity contribution >= 4 is 17.7 Å². The Morgan fingerprint density at radius 2 is 1.88 bits per heavy atom. The van der Waals surface area contributed by atoms with Crippen molar-refractivity contribution in [2.75, 3.05) is 18.4 Å². The molecule has 0 atom stereocenters. The SMILES string of the molecule is CC(=O)Nc1ccc2c(c1)CCC1(CCN(C(=O)OC(C)(C)C)CC1)O2. The molecule has 1 spiro atoms. The Morgan fingerprint density at radius 3 is 2.50 bits per heavy atom. The topological polar surface area (TPSA) is 67.9 Å². The van der Waals surface area contributed by atoms with E-state index in [2.05, 4.69) is 5.32 Å². The van der Waals surface area contributed by atoms with Crippen LogP contribution in [0.25, 0.3) is 0 Å². The molecule has 1 fully saturated rings. The van der Waals surface area contributed by atoms with E-state index in [9.17, 15) is 9.59 Å². The van der Waals surface area contributed by atoms with Crippen molar-refractivity contribution in [1.82, 2.24) is 4.90 Å². The molecule has 26 heavy (non-hydrogen) atoms. The number of likely N-dealkylation sites (tertiary alicyclic amines) is 1. The number of hydrogen-bond donors (Lipinski definition) is 1. The van der Waals surface area contributed by atoms with Gasteiger partial charge in [0.25, 0.3) is 0 Å². The summed E-state index contributed by atoms with van der Waals surface area (Å²) in [5, 5.41) is 2.81. The van der Waals surface area contributed by atoms with Crippen LogP contribution in [0.5, 0.6) is 5.75 Å². The summed E-state index contributed by atoms with van der Waals surface area (Å²) in [5.41, 5.74) is 1.24. The molecule has 6 nitrogen and oxygen atoms in total. The molecule has 0 radical (unpaired) electrons. The van der Waals surface area contributed by atoms with E-state index in [4.69, 9.17) is 9.47 Å². The van der Waals surface area contributed by atoms with E-state index in [0.717, 1.165) is 42.7 Å². The fourth-order valence-electron chi connectivity index (χ4n) is 3.58. The molecule has 1 aromatic carbocycles. The van der Waals surface area contributed by atoms with Gasteiger partial charge < -0.3 is 19.7 Å². The van der Waals surface area contributed by atoms with E-state index in [1.165, 1.54) is 6.92 Å². The monoisotopic (exact) mass is 360 g/mol. The van der Waals surface area contributed by atoms with Crippen LogP contribution in [0.1, 0.15) is 52.5 Å². The molecule has 1 saturated heterocycles. The van der Waals surface area contributed by atoms with E-state index < -0.39 is 5.60 Å². The van der Waals surface area contributed by atoms with Crippen LogP contribution in [-0.4, -0.2) is 41.2 Å². The van der Waals surface area contributed by atoms with Gasteiger partial charge in [0.15, 0.2) is 0 Å². The van der Waals surface area contributed by atoms with Gasteiger partial charge >= 0.3 is 6.09 Å². The zero-order valence-electron chi connectivity index (χ0n) is 16.1. The largest absolute Gasteiger partial charge is 0.487 e. The Balaban J connectivity index is 1.62. The third-order valence-electron chi connectivity index (χ3n) is 4.88. The first-order valence-electron chi connectivity index (χ1n) is 9.23. The summed E-state index contributed by atoms with van der Waals surface area (Å²) in [6.45, 7) is 8.44. The zero-order valence-corrected chi connectivity index (χ0v) is 16.1. The number of rotatable bonds is 1. The first-order chi connectivity index (χ1) is 12.2. The van der Waals surface area contributed by atoms with Crippen LogP contribution in [-0.2, 0) is 16.0 Å². The van der Waals surface area contributed by atoms with Crippen LogP contribution >= 0.6 is 0 Å². The number of fused-ring (bicyclic) bond motifs is 1. The molecule has 2 heterocycles. The fraction of sp³-hybridized carbons (Fsp3) is 0.600. The molecule has 0 unspecified atom stereocenters. The molecule has 0 saturated carbocycles. The number of carbonyl (C=O) groups is 2. The normalized spacial score (nSPS) is 18.7. The quantitative estimate of drug-likeness (QED) is 0.828. The first kappa shape index (κ1) is 18.5. The van der Waals surface area contributed by atoms with Crippen molar-refractivity contribution in [1.29, 1.82) is 0 Å². The zero-order chi connectivity index (χ0) is 18.9. The summed E-state index contributed by atoms with van der Waals surface area (Å²) >= 11 is 0. The molecule has 0 aliphatic carbocycles. The van der Waals surface area contributed by atoms with Gasteiger partial charge in [0.05, 0.1) is 0 Å². The number of hydrogen-bond acceptors (Lipinski definition) is 4. The number of ether oxygens (including phenoxy) is 2. The van der Waals surface area contributed by atoms with Gasteiger partial charge in [-0.05, 0) is 57.4 Å². The highest BCUT2D eigenvalue weighted by Crippen LogP contribution is 2.40. The third-order valence-corrected chi connectivity index (χ3v) is 4.88. The lowest BCUT2D eigenvalue weighted by atomic mass is 9.83. The first-order valence-corrected chi connectivity index (χ1v) is 9.23. The highest BCUT2D eigenvalue weighted by molar-refractivity contribution is 5.88. The summed E-state index contributed by atoms with van der Waals surface area (Å²) < 4.78 is 11.8. The summed E-state index contributed by atoms with van der Waals surface area (Å²) in [5.74, 6) is 0.809. The molecule has 1 N–H and O–H groups in total. The van der Waals surface area contributed by atoms with Crippen LogP contribution in [0.3, 0.4) is 0 Å². The Kier molecular flexibility index (Phi) is 4.86. The number of anilines is 1. The van der Waals surface area contributed by atoms with Crippen LogP contribution in [0.15, 0.2) is 18.2 Å². The predicted octanol–water partition coefficient (Wildman–Crippen LogP) is 3.74. The smallest absolute Gasteiger partial charge is 0.410 e. The van der Waals surface area contributed by atoms with Gasteiger partial charge in [-0.3, -0.25) is 4.79 Å². The minimum absolute atomic E-state index is 0.0762. The van der Waals surface area contributed by atoms with Crippen molar-refractivity contribution in [3.05, 3.63) is 23.8 Å². The molecule has 2 aliphatic rings. The van der Waals surface area contributed by atoms with Crippen molar-refractivity contribution in [3.8, 4) is 5.75 Å². The van der Waals surface area contributed by atoms with Gasteiger partial charge in [-0.2, -0.15) is 0 Å². The van der Waals surface area contributed by atoms with Crippen LogP contribution in [0.4, 0.5) is 10.5 Å². The molecule has 3 rings (SSSR count). The molecule has 2 aliphatic heterocycles. The number of amides is 2. The van der Waals surface area contributed by atoms with Crippen molar-refractivity contribution in [2.24, 2.45) is 0 Å². The maximum absolute atomic E-state index is 12.2. The lowest BCUT2D eigenvalue weighted by molar-refractivity contribution is -0.114. The Morgan fingerprint density at radius 1 is 1.19 bits per heavy atom. The van der Waals surface area contributed by atoms with Gasteiger partial charge in [-0.15, -0.1) is 0 Å². The number of carbonyl (C=O) groups excluding carboxylic acids is 2. The Bertz CT molecular complexity index is 700. The fourth-order valence-corrected chi connectivity index (χ4v) is 3.58. The van der Waals surface area contributed by atoms with Crippen molar-refractivity contribution < 1.29 is 19.1 Å². The van der Waals surface area contributed by atoms with E-state index in [1.807, 2.05) is 39.0 Å². The summed E-state index contributed by atoms with van der Waals surface area (Å²) in [6, 6.07) is 5.79. The van der Waals surface area contributed by atoms with Crippen LogP contribution in [0.2, 0.25) is 0 Å². The minimum atomic E-state index is -0.474. The second kappa shape index (κ2) is 6.82. The van der Waals surface area contributed by atoms with Crippen LogP contribution < -0.4 is 10.1 Å². The van der Waals surface area contributed by atoms with E-state index in [1.54, 1.807) is 4.90 Å². The summed E-state index contributed by atoms with van der Waals surface area (Å²) in [4.78, 5) is 25.2. The van der Waals surface area contributed by atoms with Crippen molar-refractivity contribution in [2.45, 2.75) is 64.6 Å². The summed E-state index contributed by atoms with van der Waals surface area (Å²) in [6.07, 6.45) is 3.20. The molecule has 0 aromatic heterocycles. The summed E-state index contributed by atoms with van der Waals surface area (Å²) in [7, 11) is 0. The average molecular weight is 360 g/mol. The minimum Gasteiger partial charge on any atom is -0.487 e. The lowest BCUT2D eigenvalue weighted by Crippen LogP contribution is -2.52. The van der Waals surface area contributed by atoms with Gasteiger partial charge in [0.1, 0.15) is 17.0 Å². The number of piperidine rings is 1. The van der Waals surface area contributed by atoms with E-state index >= 15 is 0 Å². The molecule has 2 amide bonds. The van der Waals surface area contributed by atoms with Crippen molar-refractivity contribution in [3.63, 3.8) is 0 Å². The lowest BCUT2D eigenvalue weighted by Gasteiger charge is -2.44. The van der Waals surface area contributed by atoms with Crippen LogP contribution in [0, 0.1) is 0 Å². The number of benzene rings is 1. The molecule has 6 heteroatoms. The standard InChI is InChI=1S/C20H28N2O4/c1-14(23)21-16-5-6-17-15(13-16)7-8-20(25-17)9-11-22(12-10-20)18(24)26-19(2,3)4/h5-6,13H,7-12H2,1-4H3,(H,21,23).